The Morgan fingerprint density at radius 1 is 0.780 bits per heavy atom. The average Bonchev–Trinajstić information content (AvgIpc) is 3.16. The highest BCUT2D eigenvalue weighted by Crippen LogP contribution is 2.46. The van der Waals surface area contributed by atoms with Crippen LogP contribution in [0, 0.1) is 0 Å². The van der Waals surface area contributed by atoms with Crippen LogP contribution < -0.4 is 0 Å². The van der Waals surface area contributed by atoms with Crippen LogP contribution >= 0.6 is 0 Å². The van der Waals surface area contributed by atoms with Crippen molar-refractivity contribution in [2.45, 2.75) is 171 Å². The molecule has 16 heteroatoms. The van der Waals surface area contributed by atoms with Crippen LogP contribution in [0.5, 0.6) is 11.5 Å². The number of fused-ring (bicyclic) bond motifs is 4. The average molecular weight is 825 g/mol. The van der Waals surface area contributed by atoms with Crippen molar-refractivity contribution in [1.29, 1.82) is 0 Å². The fraction of sp³-hybridized carbons (Fsp3) is 0.628. The van der Waals surface area contributed by atoms with Gasteiger partial charge in [-0.1, -0.05) is 12.1 Å². The summed E-state index contributed by atoms with van der Waals surface area (Å²) in [4.78, 5) is 52.6. The van der Waals surface area contributed by atoms with Crippen LogP contribution in [0.2, 0.25) is 0 Å². The molecule has 16 nitrogen and oxygen atoms in total. The second-order valence-corrected chi connectivity index (χ2v) is 17.0. The fourth-order valence-electron chi connectivity index (χ4n) is 9.38. The number of ether oxygens (including phenoxy) is 8. The van der Waals surface area contributed by atoms with Gasteiger partial charge in [0.1, 0.15) is 29.8 Å². The van der Waals surface area contributed by atoms with Crippen molar-refractivity contribution in [3.63, 3.8) is 0 Å². The number of aliphatic carboxylic acids is 1. The molecular weight excluding hydrogens is 772 g/mol. The summed E-state index contributed by atoms with van der Waals surface area (Å²) in [6, 6.07) is 5.77. The molecular formula is C43H52O16. The molecule has 0 bridgehead atoms. The molecule has 5 heterocycles. The molecule has 0 saturated carbocycles. The number of carboxylic acid groups (broad SMARTS) is 1. The number of phenols is 2. The molecule has 8 rings (SSSR count). The molecule has 0 unspecified atom stereocenters. The quantitative estimate of drug-likeness (QED) is 0.238. The molecule has 0 radical (unpaired) electrons. The first-order valence-electron chi connectivity index (χ1n) is 20.5. The Morgan fingerprint density at radius 3 is 2.15 bits per heavy atom. The minimum absolute atomic E-state index is 0.0885. The summed E-state index contributed by atoms with van der Waals surface area (Å²) < 4.78 is 48.9. The number of phenolic OH excluding ortho intramolecular Hbond substituents is 2. The lowest BCUT2D eigenvalue weighted by atomic mass is 9.79. The summed E-state index contributed by atoms with van der Waals surface area (Å²) in [7, 11) is 0. The van der Waals surface area contributed by atoms with Crippen LogP contribution in [0.25, 0.3) is 0 Å². The first-order chi connectivity index (χ1) is 28.0. The number of hydrogen-bond donors (Lipinski definition) is 4. The number of carbonyl (C=O) groups excluding carboxylic acids is 3. The Balaban J connectivity index is 0.973. The molecule has 2 aromatic carbocycles. The third kappa shape index (κ3) is 8.07. The van der Waals surface area contributed by atoms with Crippen molar-refractivity contribution in [3.8, 4) is 11.5 Å². The number of aliphatic hydroxyl groups is 1. The largest absolute Gasteiger partial charge is 0.507 e. The third-order valence-electron chi connectivity index (χ3n) is 12.6. The smallest absolute Gasteiger partial charge is 0.306 e. The van der Waals surface area contributed by atoms with E-state index >= 15 is 0 Å². The van der Waals surface area contributed by atoms with Gasteiger partial charge in [0.05, 0.1) is 65.9 Å². The number of carboxylic acids is 1. The molecule has 0 spiro atoms. The Kier molecular flexibility index (Phi) is 11.5. The highest BCUT2D eigenvalue weighted by atomic mass is 16.7. The zero-order chi connectivity index (χ0) is 42.1. The van der Waals surface area contributed by atoms with Gasteiger partial charge in [-0.2, -0.15) is 0 Å². The monoisotopic (exact) mass is 824 g/mol. The van der Waals surface area contributed by atoms with Crippen molar-refractivity contribution in [1.82, 2.24) is 0 Å². The van der Waals surface area contributed by atoms with E-state index in [9.17, 15) is 39.6 Å². The van der Waals surface area contributed by atoms with Crippen LogP contribution in [0.4, 0.5) is 0 Å². The lowest BCUT2D eigenvalue weighted by Gasteiger charge is -2.49. The van der Waals surface area contributed by atoms with Crippen LogP contribution in [0.1, 0.15) is 129 Å². The van der Waals surface area contributed by atoms with Crippen molar-refractivity contribution >= 4 is 23.3 Å². The number of aromatic hydroxyl groups is 2. The van der Waals surface area contributed by atoms with Gasteiger partial charge in [-0.15, -0.1) is 0 Å². The maximum atomic E-state index is 14.1. The first kappa shape index (κ1) is 41.9. The zero-order valence-corrected chi connectivity index (χ0v) is 33.7. The molecule has 4 N–H and O–H groups in total. The van der Waals surface area contributed by atoms with Gasteiger partial charge in [-0.05, 0) is 65.2 Å². The number of Topliss-reactive ketones (excluding diaryl/α,β-unsaturated/α-hetero) is 1. The second-order valence-electron chi connectivity index (χ2n) is 17.0. The van der Waals surface area contributed by atoms with E-state index in [1.165, 1.54) is 24.3 Å². The summed E-state index contributed by atoms with van der Waals surface area (Å²) >= 11 is 0. The van der Waals surface area contributed by atoms with E-state index in [4.69, 9.17) is 37.9 Å². The molecule has 1 aliphatic carbocycles. The van der Waals surface area contributed by atoms with E-state index in [-0.39, 0.29) is 70.6 Å². The SMILES string of the molecule is C[C@@H]1O[C@H]2O[C@@H]3[C@@H](C)O[C@@H](c4ccc5c(c4O)C(=O)c4ccc(C[C@@](C)(CC(=O)O)O[C@H]6CC[C@@H](O[C@H]7CC[C@@H](O)[C@H](C)O7)[C@H](C)O6)c(O)c4C5=O)C[C@H]3O[C@H]2CC1=O. The highest BCUT2D eigenvalue weighted by molar-refractivity contribution is 6.30. The van der Waals surface area contributed by atoms with Gasteiger partial charge in [0.25, 0.3) is 0 Å². The topological polar surface area (TPSA) is 223 Å². The molecule has 14 atom stereocenters. The highest BCUT2D eigenvalue weighted by Gasteiger charge is 2.51. The standard InChI is InChI=1S/C43H52O16/c1-18-26(44)10-12-33(53-18)57-28-11-13-34(54-20(28)3)59-43(5,17-32(46)47)16-22-6-7-24-35(37(22)48)39(50)25-9-8-23(38(49)36(25)40(24)51)29-15-30-41(21(4)52-29)58-42-31(56-30)14-27(45)19(2)55-42/h6-9,18-21,26,28-31,33-34,41-42,44,48-49H,10-17H2,1-5H3,(H,46,47)/t18-,19-,20-,21+,26+,28+,29+,30+,31-,33-,34-,41+,42-,43-/m0/s1. The molecule has 0 amide bonds. The predicted octanol–water partition coefficient (Wildman–Crippen LogP) is 4.17. The predicted molar refractivity (Wildman–Crippen MR) is 202 cm³/mol. The van der Waals surface area contributed by atoms with Gasteiger partial charge in [-0.25, -0.2) is 0 Å². The maximum Gasteiger partial charge on any atom is 0.306 e. The summed E-state index contributed by atoms with van der Waals surface area (Å²) in [5, 5.41) is 43.1. The second kappa shape index (κ2) is 16.2. The van der Waals surface area contributed by atoms with E-state index in [1.807, 2.05) is 6.92 Å². The van der Waals surface area contributed by atoms with Crippen molar-refractivity contribution < 1.29 is 77.5 Å². The van der Waals surface area contributed by atoms with Gasteiger partial charge in [0.15, 0.2) is 36.2 Å². The minimum Gasteiger partial charge on any atom is -0.507 e. The molecule has 2 aromatic rings. The van der Waals surface area contributed by atoms with Crippen molar-refractivity contribution in [2.24, 2.45) is 0 Å². The summed E-state index contributed by atoms with van der Waals surface area (Å²) in [5.74, 6) is -3.53. The van der Waals surface area contributed by atoms with Gasteiger partial charge < -0.3 is 58.3 Å². The summed E-state index contributed by atoms with van der Waals surface area (Å²) in [6.45, 7) is 8.68. The van der Waals surface area contributed by atoms with E-state index in [2.05, 4.69) is 0 Å². The van der Waals surface area contributed by atoms with Crippen LogP contribution in [0.15, 0.2) is 24.3 Å². The van der Waals surface area contributed by atoms with E-state index in [0.717, 1.165) is 0 Å². The molecule has 5 aliphatic heterocycles. The maximum absolute atomic E-state index is 14.1. The van der Waals surface area contributed by atoms with Crippen LogP contribution in [-0.4, -0.2) is 123 Å². The minimum atomic E-state index is -1.41. The number of benzene rings is 2. The normalized spacial score (nSPS) is 36.8. The van der Waals surface area contributed by atoms with Gasteiger partial charge >= 0.3 is 5.97 Å². The molecule has 6 aliphatic rings. The lowest BCUT2D eigenvalue weighted by Crippen LogP contribution is -2.60. The van der Waals surface area contributed by atoms with Crippen LogP contribution in [-0.2, 0) is 53.9 Å². The Labute approximate surface area is 340 Å². The first-order valence-corrected chi connectivity index (χ1v) is 20.5. The number of carbonyl (C=O) groups is 4. The molecule has 59 heavy (non-hydrogen) atoms. The van der Waals surface area contributed by atoms with E-state index < -0.39 is 109 Å². The third-order valence-corrected chi connectivity index (χ3v) is 12.6. The van der Waals surface area contributed by atoms with Gasteiger partial charge in [0.2, 0.25) is 0 Å². The Bertz CT molecular complexity index is 2000. The lowest BCUT2D eigenvalue weighted by molar-refractivity contribution is -0.347. The molecule has 320 valence electrons. The zero-order valence-electron chi connectivity index (χ0n) is 33.7. The number of hydrogen-bond acceptors (Lipinski definition) is 15. The number of rotatable bonds is 9. The molecule has 5 fully saturated rings. The van der Waals surface area contributed by atoms with Crippen LogP contribution in [0.3, 0.4) is 0 Å². The molecule has 0 aromatic heterocycles. The van der Waals surface area contributed by atoms with Gasteiger partial charge in [-0.3, -0.25) is 19.2 Å². The molecule has 5 saturated heterocycles. The van der Waals surface area contributed by atoms with E-state index in [0.29, 0.717) is 25.7 Å². The van der Waals surface area contributed by atoms with Gasteiger partial charge in [0, 0.05) is 48.8 Å². The summed E-state index contributed by atoms with van der Waals surface area (Å²) in [6.07, 6.45) is -5.34. The Morgan fingerprint density at radius 2 is 1.46 bits per heavy atom. The number of aliphatic hydroxyl groups excluding tert-OH is 1. The van der Waals surface area contributed by atoms with E-state index in [1.54, 1.807) is 27.7 Å². The summed E-state index contributed by atoms with van der Waals surface area (Å²) in [5.41, 5.74) is -1.68. The van der Waals surface area contributed by atoms with Crippen molar-refractivity contribution in [3.05, 3.63) is 57.6 Å². The fourth-order valence-corrected chi connectivity index (χ4v) is 9.38. The van der Waals surface area contributed by atoms with Crippen molar-refractivity contribution in [2.75, 3.05) is 0 Å². The number of ketones is 3. The Hall–Kier alpha value is -3.84.